The quantitative estimate of drug-likeness (QED) is 0.888. The highest BCUT2D eigenvalue weighted by molar-refractivity contribution is 7.89. The van der Waals surface area contributed by atoms with E-state index < -0.39 is 32.4 Å². The lowest BCUT2D eigenvalue weighted by atomic mass is 10.3. The van der Waals surface area contributed by atoms with E-state index in [9.17, 15) is 21.6 Å². The standard InChI is InChI=1S/C11H13F3N2O2S/c1-7-6-16(3-2-15-7)19(17,18)11-9(13)4-8(12)5-10(11)14/h4-5,7,15H,2-3,6H2,1H3. The molecule has 1 aromatic carbocycles. The average Bonchev–Trinajstić information content (AvgIpc) is 2.26. The fraction of sp³-hybridized carbons (Fsp3) is 0.455. The smallest absolute Gasteiger partial charge is 0.249 e. The second-order valence-corrected chi connectivity index (χ2v) is 6.29. The van der Waals surface area contributed by atoms with Gasteiger partial charge in [0, 0.05) is 37.8 Å². The monoisotopic (exact) mass is 294 g/mol. The van der Waals surface area contributed by atoms with E-state index in [-0.39, 0.29) is 19.1 Å². The highest BCUT2D eigenvalue weighted by Gasteiger charge is 2.33. The zero-order valence-corrected chi connectivity index (χ0v) is 11.0. The summed E-state index contributed by atoms with van der Waals surface area (Å²) >= 11 is 0. The third-order valence-corrected chi connectivity index (χ3v) is 4.81. The Morgan fingerprint density at radius 1 is 1.26 bits per heavy atom. The molecule has 8 heteroatoms. The molecule has 0 saturated carbocycles. The second kappa shape index (κ2) is 5.10. The Balaban J connectivity index is 2.45. The summed E-state index contributed by atoms with van der Waals surface area (Å²) in [5.41, 5.74) is 0. The van der Waals surface area contributed by atoms with Crippen LogP contribution in [0.5, 0.6) is 0 Å². The number of nitrogens with zero attached hydrogens (tertiary/aromatic N) is 1. The first-order valence-electron chi connectivity index (χ1n) is 5.70. The van der Waals surface area contributed by atoms with E-state index >= 15 is 0 Å². The van der Waals surface area contributed by atoms with Gasteiger partial charge >= 0.3 is 0 Å². The van der Waals surface area contributed by atoms with Crippen molar-refractivity contribution in [1.29, 1.82) is 0 Å². The van der Waals surface area contributed by atoms with Crippen LogP contribution in [0, 0.1) is 17.5 Å². The molecule has 1 heterocycles. The molecule has 1 N–H and O–H groups in total. The number of benzene rings is 1. The molecule has 2 rings (SSSR count). The normalized spacial score (nSPS) is 21.6. The fourth-order valence-electron chi connectivity index (χ4n) is 2.02. The highest BCUT2D eigenvalue weighted by atomic mass is 32.2. The molecule has 1 aliphatic rings. The van der Waals surface area contributed by atoms with Crippen molar-refractivity contribution < 1.29 is 21.6 Å². The minimum absolute atomic E-state index is 0.110. The average molecular weight is 294 g/mol. The summed E-state index contributed by atoms with van der Waals surface area (Å²) in [5, 5.41) is 3.02. The maximum Gasteiger partial charge on any atom is 0.249 e. The molecule has 0 amide bonds. The number of hydrogen-bond acceptors (Lipinski definition) is 3. The van der Waals surface area contributed by atoms with Crippen LogP contribution in [0.3, 0.4) is 0 Å². The predicted octanol–water partition coefficient (Wildman–Crippen LogP) is 1.09. The molecule has 0 radical (unpaired) electrons. The van der Waals surface area contributed by atoms with Gasteiger partial charge in [0.05, 0.1) is 0 Å². The lowest BCUT2D eigenvalue weighted by Crippen LogP contribution is -2.51. The van der Waals surface area contributed by atoms with Crippen LogP contribution in [0.25, 0.3) is 0 Å². The maximum atomic E-state index is 13.6. The van der Waals surface area contributed by atoms with Gasteiger partial charge < -0.3 is 5.32 Å². The van der Waals surface area contributed by atoms with Crippen LogP contribution in [0.1, 0.15) is 6.92 Å². The fourth-order valence-corrected chi connectivity index (χ4v) is 3.64. The third kappa shape index (κ3) is 2.75. The molecule has 0 bridgehead atoms. The molecule has 0 spiro atoms. The molecule has 1 fully saturated rings. The van der Waals surface area contributed by atoms with Gasteiger partial charge in [-0.1, -0.05) is 0 Å². The Kier molecular flexibility index (Phi) is 3.84. The summed E-state index contributed by atoms with van der Waals surface area (Å²) in [4.78, 5) is -1.09. The van der Waals surface area contributed by atoms with Crippen molar-refractivity contribution in [2.45, 2.75) is 17.9 Å². The van der Waals surface area contributed by atoms with Crippen molar-refractivity contribution in [3.8, 4) is 0 Å². The first kappa shape index (κ1) is 14.3. The van der Waals surface area contributed by atoms with E-state index in [2.05, 4.69) is 5.32 Å². The van der Waals surface area contributed by atoms with Crippen LogP contribution in [-0.2, 0) is 10.0 Å². The molecule has 1 aromatic rings. The zero-order valence-electron chi connectivity index (χ0n) is 10.2. The molecule has 1 unspecified atom stereocenters. The largest absolute Gasteiger partial charge is 0.312 e. The molecule has 19 heavy (non-hydrogen) atoms. The lowest BCUT2D eigenvalue weighted by molar-refractivity contribution is 0.307. The minimum atomic E-state index is -4.30. The highest BCUT2D eigenvalue weighted by Crippen LogP contribution is 2.24. The predicted molar refractivity (Wildman–Crippen MR) is 62.5 cm³/mol. The van der Waals surface area contributed by atoms with Gasteiger partial charge in [0.1, 0.15) is 17.5 Å². The summed E-state index contributed by atoms with van der Waals surface area (Å²) in [7, 11) is -4.30. The third-order valence-electron chi connectivity index (χ3n) is 2.89. The van der Waals surface area contributed by atoms with E-state index in [0.29, 0.717) is 18.7 Å². The van der Waals surface area contributed by atoms with Crippen LogP contribution in [0.2, 0.25) is 0 Å². The molecule has 0 aromatic heterocycles. The van der Waals surface area contributed by atoms with Crippen LogP contribution in [0.4, 0.5) is 13.2 Å². The Morgan fingerprint density at radius 3 is 2.37 bits per heavy atom. The van der Waals surface area contributed by atoms with Gasteiger partial charge in [-0.25, -0.2) is 21.6 Å². The summed E-state index contributed by atoms with van der Waals surface area (Å²) in [6.07, 6.45) is 0. The van der Waals surface area contributed by atoms with Gasteiger partial charge in [-0.2, -0.15) is 4.31 Å². The summed E-state index contributed by atoms with van der Waals surface area (Å²) in [5.74, 6) is -3.98. The van der Waals surface area contributed by atoms with Crippen molar-refractivity contribution in [2.75, 3.05) is 19.6 Å². The van der Waals surface area contributed by atoms with Crippen LogP contribution < -0.4 is 5.32 Å². The molecule has 1 saturated heterocycles. The van der Waals surface area contributed by atoms with Gasteiger partial charge in [0.2, 0.25) is 10.0 Å². The molecule has 1 atom stereocenters. The number of piperazine rings is 1. The van der Waals surface area contributed by atoms with Gasteiger partial charge in [0.25, 0.3) is 0 Å². The van der Waals surface area contributed by atoms with Crippen molar-refractivity contribution in [3.63, 3.8) is 0 Å². The number of hydrogen-bond donors (Lipinski definition) is 1. The Labute approximate surface area is 109 Å². The first-order valence-corrected chi connectivity index (χ1v) is 7.14. The first-order chi connectivity index (χ1) is 8.82. The van der Waals surface area contributed by atoms with Gasteiger partial charge in [0.15, 0.2) is 4.90 Å². The number of nitrogens with one attached hydrogen (secondary N) is 1. The lowest BCUT2D eigenvalue weighted by Gasteiger charge is -2.31. The molecule has 4 nitrogen and oxygen atoms in total. The summed E-state index contributed by atoms with van der Waals surface area (Å²) in [6, 6.07) is 0.610. The van der Waals surface area contributed by atoms with Gasteiger partial charge in [-0.05, 0) is 6.92 Å². The molecular weight excluding hydrogens is 281 g/mol. The van der Waals surface area contributed by atoms with E-state index in [1.807, 2.05) is 0 Å². The summed E-state index contributed by atoms with van der Waals surface area (Å²) < 4.78 is 65.3. The zero-order chi connectivity index (χ0) is 14.2. The Hall–Kier alpha value is -1.12. The van der Waals surface area contributed by atoms with Crippen LogP contribution >= 0.6 is 0 Å². The van der Waals surface area contributed by atoms with Crippen molar-refractivity contribution in [1.82, 2.24) is 9.62 Å². The van der Waals surface area contributed by atoms with E-state index in [0.717, 1.165) is 4.31 Å². The van der Waals surface area contributed by atoms with Crippen LogP contribution in [-0.4, -0.2) is 38.4 Å². The molecule has 1 aliphatic heterocycles. The maximum absolute atomic E-state index is 13.6. The molecular formula is C11H13F3N2O2S. The Morgan fingerprint density at radius 2 is 1.84 bits per heavy atom. The van der Waals surface area contributed by atoms with Crippen LogP contribution in [0.15, 0.2) is 17.0 Å². The van der Waals surface area contributed by atoms with Crippen molar-refractivity contribution in [3.05, 3.63) is 29.6 Å². The van der Waals surface area contributed by atoms with Crippen molar-refractivity contribution >= 4 is 10.0 Å². The van der Waals surface area contributed by atoms with Gasteiger partial charge in [-0.15, -0.1) is 0 Å². The Bertz CT molecular complexity index is 569. The van der Waals surface area contributed by atoms with E-state index in [1.54, 1.807) is 6.92 Å². The minimum Gasteiger partial charge on any atom is -0.312 e. The summed E-state index contributed by atoms with van der Waals surface area (Å²) in [6.45, 7) is 2.38. The van der Waals surface area contributed by atoms with Gasteiger partial charge in [-0.3, -0.25) is 0 Å². The van der Waals surface area contributed by atoms with E-state index in [1.165, 1.54) is 0 Å². The SMILES string of the molecule is CC1CN(S(=O)(=O)c2c(F)cc(F)cc2F)CCN1. The second-order valence-electron chi connectivity index (χ2n) is 4.42. The molecule has 106 valence electrons. The van der Waals surface area contributed by atoms with E-state index in [4.69, 9.17) is 0 Å². The number of halogens is 3. The number of rotatable bonds is 2. The molecule has 0 aliphatic carbocycles. The number of sulfonamides is 1. The topological polar surface area (TPSA) is 49.4 Å². The van der Waals surface area contributed by atoms with Crippen molar-refractivity contribution in [2.24, 2.45) is 0 Å².